The van der Waals surface area contributed by atoms with Gasteiger partial charge in [0.1, 0.15) is 11.5 Å². The fraction of sp³-hybridized carbons (Fsp3) is 0.240. The highest BCUT2D eigenvalue weighted by Crippen LogP contribution is 2.42. The number of pyridine rings is 1. The van der Waals surface area contributed by atoms with Gasteiger partial charge in [0.2, 0.25) is 0 Å². The molecule has 32 heavy (non-hydrogen) atoms. The van der Waals surface area contributed by atoms with Crippen LogP contribution in [0.5, 0.6) is 11.5 Å². The summed E-state index contributed by atoms with van der Waals surface area (Å²) in [6, 6.07) is 15.0. The topological polar surface area (TPSA) is 89.1 Å². The van der Waals surface area contributed by atoms with Gasteiger partial charge in [0, 0.05) is 39.9 Å². The lowest BCUT2D eigenvalue weighted by atomic mass is 10.0. The number of methoxy groups -OCH3 is 2. The molecule has 1 aliphatic carbocycles. The zero-order valence-electron chi connectivity index (χ0n) is 18.2. The van der Waals surface area contributed by atoms with E-state index in [2.05, 4.69) is 21.6 Å². The number of benzene rings is 2. The number of carbonyl (C=O) groups is 1. The molecule has 1 saturated carbocycles. The molecule has 0 unspecified atom stereocenters. The van der Waals surface area contributed by atoms with Crippen LogP contribution in [0, 0.1) is 6.92 Å². The predicted molar refractivity (Wildman–Crippen MR) is 124 cm³/mol. The number of carbonyl (C=O) groups excluding carboxylic acids is 1. The van der Waals surface area contributed by atoms with Crippen LogP contribution in [0.2, 0.25) is 0 Å². The Morgan fingerprint density at radius 1 is 1.03 bits per heavy atom. The van der Waals surface area contributed by atoms with Gasteiger partial charge in [0.15, 0.2) is 5.65 Å². The van der Waals surface area contributed by atoms with Crippen LogP contribution in [0.1, 0.15) is 40.4 Å². The SMILES string of the molecule is COc1cc(OC)cc(C(=O)Nc2ccc(C)c(-c3ccc4c(C5CC5)[nH]nc4n3)c2)c1. The van der Waals surface area contributed by atoms with E-state index in [1.165, 1.54) is 18.5 Å². The highest BCUT2D eigenvalue weighted by atomic mass is 16.5. The first-order valence-corrected chi connectivity index (χ1v) is 10.6. The van der Waals surface area contributed by atoms with Crippen LogP contribution in [-0.4, -0.2) is 35.3 Å². The zero-order chi connectivity index (χ0) is 22.2. The second-order valence-electron chi connectivity index (χ2n) is 8.06. The molecular formula is C25H24N4O3. The van der Waals surface area contributed by atoms with Gasteiger partial charge in [-0.1, -0.05) is 6.07 Å². The van der Waals surface area contributed by atoms with Crippen molar-refractivity contribution < 1.29 is 14.3 Å². The summed E-state index contributed by atoms with van der Waals surface area (Å²) in [5.41, 5.74) is 5.88. The van der Waals surface area contributed by atoms with Gasteiger partial charge in [-0.25, -0.2) is 4.98 Å². The molecule has 1 amide bonds. The Balaban J connectivity index is 1.44. The molecule has 162 valence electrons. The van der Waals surface area contributed by atoms with Crippen molar-refractivity contribution in [3.8, 4) is 22.8 Å². The van der Waals surface area contributed by atoms with E-state index >= 15 is 0 Å². The van der Waals surface area contributed by atoms with E-state index in [0.29, 0.717) is 28.7 Å². The van der Waals surface area contributed by atoms with Crippen molar-refractivity contribution in [3.05, 3.63) is 65.4 Å². The smallest absolute Gasteiger partial charge is 0.255 e. The molecule has 2 N–H and O–H groups in total. The number of ether oxygens (including phenoxy) is 2. The standard InChI is InChI=1S/C25H24N4O3/c1-14-4-7-17(26-25(30)16-10-18(31-2)13-19(11-16)32-3)12-21(14)22-9-8-20-23(15-5-6-15)28-29-24(20)27-22/h4,7-13,15H,5-6H2,1-3H3,(H,26,30)(H,27,28,29). The largest absolute Gasteiger partial charge is 0.497 e. The maximum atomic E-state index is 12.9. The number of rotatable bonds is 6. The van der Waals surface area contributed by atoms with E-state index in [4.69, 9.17) is 14.5 Å². The number of H-pyrrole nitrogens is 1. The number of aromatic amines is 1. The van der Waals surface area contributed by atoms with E-state index in [1.54, 1.807) is 32.4 Å². The normalized spacial score (nSPS) is 13.2. The van der Waals surface area contributed by atoms with E-state index in [0.717, 1.165) is 27.9 Å². The molecule has 1 aliphatic rings. The number of aryl methyl sites for hydroxylation is 1. The molecule has 0 atom stereocenters. The average Bonchev–Trinajstić information content (AvgIpc) is 3.58. The van der Waals surface area contributed by atoms with Crippen LogP contribution in [0.3, 0.4) is 0 Å². The van der Waals surface area contributed by atoms with Crippen molar-refractivity contribution in [2.75, 3.05) is 19.5 Å². The molecule has 0 spiro atoms. The van der Waals surface area contributed by atoms with Gasteiger partial charge in [-0.05, 0) is 61.7 Å². The first-order chi connectivity index (χ1) is 15.6. The minimum Gasteiger partial charge on any atom is -0.497 e. The molecule has 0 radical (unpaired) electrons. The maximum Gasteiger partial charge on any atom is 0.255 e. The van der Waals surface area contributed by atoms with Crippen LogP contribution in [0.15, 0.2) is 48.5 Å². The van der Waals surface area contributed by atoms with Gasteiger partial charge in [-0.15, -0.1) is 0 Å². The summed E-state index contributed by atoms with van der Waals surface area (Å²) in [6.45, 7) is 2.03. The maximum absolute atomic E-state index is 12.9. The predicted octanol–water partition coefficient (Wildman–Crippen LogP) is 5.08. The van der Waals surface area contributed by atoms with Crippen LogP contribution in [0.4, 0.5) is 5.69 Å². The summed E-state index contributed by atoms with van der Waals surface area (Å²) in [5.74, 6) is 1.45. The number of nitrogens with zero attached hydrogens (tertiary/aromatic N) is 2. The third kappa shape index (κ3) is 3.77. The molecular weight excluding hydrogens is 404 g/mol. The third-order valence-corrected chi connectivity index (χ3v) is 5.82. The van der Waals surface area contributed by atoms with Crippen LogP contribution in [-0.2, 0) is 0 Å². The Kier molecular flexibility index (Phi) is 5.01. The van der Waals surface area contributed by atoms with Gasteiger partial charge < -0.3 is 14.8 Å². The number of anilines is 1. The fourth-order valence-electron chi connectivity index (χ4n) is 3.87. The Morgan fingerprint density at radius 2 is 1.78 bits per heavy atom. The summed E-state index contributed by atoms with van der Waals surface area (Å²) in [4.78, 5) is 17.7. The minimum atomic E-state index is -0.248. The third-order valence-electron chi connectivity index (χ3n) is 5.82. The van der Waals surface area contributed by atoms with Crippen molar-refractivity contribution in [2.45, 2.75) is 25.7 Å². The summed E-state index contributed by atoms with van der Waals surface area (Å²) in [6.07, 6.45) is 2.41. The molecule has 1 fully saturated rings. The monoisotopic (exact) mass is 428 g/mol. The molecule has 2 heterocycles. The number of hydrogen-bond donors (Lipinski definition) is 2. The lowest BCUT2D eigenvalue weighted by Crippen LogP contribution is -2.12. The van der Waals surface area contributed by atoms with Crippen LogP contribution >= 0.6 is 0 Å². The number of nitrogens with one attached hydrogen (secondary N) is 2. The van der Waals surface area contributed by atoms with Gasteiger partial charge >= 0.3 is 0 Å². The Hall–Kier alpha value is -3.87. The first kappa shape index (κ1) is 20.1. The minimum absolute atomic E-state index is 0.248. The van der Waals surface area contributed by atoms with E-state index < -0.39 is 0 Å². The molecule has 4 aromatic rings. The fourth-order valence-corrected chi connectivity index (χ4v) is 3.87. The zero-order valence-corrected chi connectivity index (χ0v) is 18.2. The molecule has 0 saturated heterocycles. The molecule has 2 aromatic carbocycles. The molecule has 7 heteroatoms. The van der Waals surface area contributed by atoms with Gasteiger partial charge in [-0.2, -0.15) is 5.10 Å². The highest BCUT2D eigenvalue weighted by molar-refractivity contribution is 6.05. The average molecular weight is 428 g/mol. The van der Waals surface area contributed by atoms with Gasteiger partial charge in [-0.3, -0.25) is 9.89 Å². The van der Waals surface area contributed by atoms with E-state index in [-0.39, 0.29) is 5.91 Å². The van der Waals surface area contributed by atoms with Crippen molar-refractivity contribution in [2.24, 2.45) is 0 Å². The van der Waals surface area contributed by atoms with Crippen molar-refractivity contribution in [1.29, 1.82) is 0 Å². The summed E-state index contributed by atoms with van der Waals surface area (Å²) in [7, 11) is 3.11. The van der Waals surface area contributed by atoms with Crippen molar-refractivity contribution in [3.63, 3.8) is 0 Å². The van der Waals surface area contributed by atoms with Gasteiger partial charge in [0.25, 0.3) is 5.91 Å². The Labute approximate surface area is 185 Å². The van der Waals surface area contributed by atoms with Crippen molar-refractivity contribution >= 4 is 22.6 Å². The molecule has 0 bridgehead atoms. The van der Waals surface area contributed by atoms with E-state index in [1.807, 2.05) is 31.2 Å². The number of aromatic nitrogens is 3. The Bertz CT molecular complexity index is 1300. The Morgan fingerprint density at radius 3 is 2.47 bits per heavy atom. The number of fused-ring (bicyclic) bond motifs is 1. The van der Waals surface area contributed by atoms with Crippen LogP contribution < -0.4 is 14.8 Å². The first-order valence-electron chi connectivity index (χ1n) is 10.6. The summed E-state index contributed by atoms with van der Waals surface area (Å²) >= 11 is 0. The molecule has 2 aromatic heterocycles. The van der Waals surface area contributed by atoms with Gasteiger partial charge in [0.05, 0.1) is 19.9 Å². The second kappa shape index (κ2) is 8.00. The molecule has 0 aliphatic heterocycles. The highest BCUT2D eigenvalue weighted by Gasteiger charge is 2.27. The second-order valence-corrected chi connectivity index (χ2v) is 8.06. The summed E-state index contributed by atoms with van der Waals surface area (Å²) < 4.78 is 10.5. The summed E-state index contributed by atoms with van der Waals surface area (Å²) in [5, 5.41) is 11.6. The van der Waals surface area contributed by atoms with E-state index in [9.17, 15) is 4.79 Å². The molecule has 7 nitrogen and oxygen atoms in total. The number of hydrogen-bond acceptors (Lipinski definition) is 5. The number of amides is 1. The molecule has 5 rings (SSSR count). The lowest BCUT2D eigenvalue weighted by Gasteiger charge is -2.12. The lowest BCUT2D eigenvalue weighted by molar-refractivity contribution is 0.102. The quantitative estimate of drug-likeness (QED) is 0.447. The van der Waals surface area contributed by atoms with Crippen LogP contribution in [0.25, 0.3) is 22.3 Å². The van der Waals surface area contributed by atoms with Crippen molar-refractivity contribution in [1.82, 2.24) is 15.2 Å².